The van der Waals surface area contributed by atoms with Gasteiger partial charge in [0.05, 0.1) is 0 Å². The molecule has 0 bridgehead atoms. The summed E-state index contributed by atoms with van der Waals surface area (Å²) in [7, 11) is 0. The third-order valence-corrected chi connectivity index (χ3v) is 3.12. The largest absolute Gasteiger partial charge is 0.377 e. The van der Waals surface area contributed by atoms with E-state index < -0.39 is 0 Å². The summed E-state index contributed by atoms with van der Waals surface area (Å²) in [6.07, 6.45) is 1.61. The minimum Gasteiger partial charge on any atom is -0.377 e. The van der Waals surface area contributed by atoms with Gasteiger partial charge in [-0.25, -0.2) is 0 Å². The van der Waals surface area contributed by atoms with Gasteiger partial charge in [-0.05, 0) is 39.3 Å². The van der Waals surface area contributed by atoms with E-state index in [2.05, 4.69) is 5.32 Å². The third kappa shape index (κ3) is 4.13. The van der Waals surface area contributed by atoms with E-state index in [9.17, 15) is 4.79 Å². The molecule has 1 rings (SSSR count). The molecule has 0 radical (unpaired) electrons. The molecule has 0 fully saturated rings. The normalized spacial score (nSPS) is 10.8. The van der Waals surface area contributed by atoms with E-state index in [1.165, 1.54) is 0 Å². The van der Waals surface area contributed by atoms with Crippen LogP contribution in [0.3, 0.4) is 0 Å². The summed E-state index contributed by atoms with van der Waals surface area (Å²) in [5.41, 5.74) is 2.98. The molecule has 1 aromatic rings. The Hall–Kier alpha value is -2.28. The number of rotatable bonds is 5. The monoisotopic (exact) mass is 271 g/mol. The lowest BCUT2D eigenvalue weighted by Crippen LogP contribution is -2.21. The number of nitrogens with zero attached hydrogens (tertiary/aromatic N) is 2. The molecule has 0 heterocycles. The van der Waals surface area contributed by atoms with Crippen molar-refractivity contribution in [1.29, 1.82) is 5.26 Å². The third-order valence-electron chi connectivity index (χ3n) is 3.12. The predicted octanol–water partition coefficient (Wildman–Crippen LogP) is 2.99. The molecule has 20 heavy (non-hydrogen) atoms. The van der Waals surface area contributed by atoms with Crippen LogP contribution >= 0.6 is 0 Å². The fraction of sp³-hybridized carbons (Fsp3) is 0.375. The van der Waals surface area contributed by atoms with Crippen LogP contribution in [-0.2, 0) is 4.79 Å². The maximum atomic E-state index is 12.1. The number of nitrogens with one attached hydrogen (secondary N) is 1. The Morgan fingerprint density at radius 2 is 2.00 bits per heavy atom. The zero-order chi connectivity index (χ0) is 15.1. The maximum absolute atomic E-state index is 12.1. The molecule has 4 nitrogen and oxygen atoms in total. The molecule has 0 atom stereocenters. The van der Waals surface area contributed by atoms with E-state index in [1.54, 1.807) is 6.20 Å². The van der Waals surface area contributed by atoms with Gasteiger partial charge in [0.15, 0.2) is 0 Å². The zero-order valence-electron chi connectivity index (χ0n) is 12.5. The molecule has 4 heteroatoms. The van der Waals surface area contributed by atoms with Crippen molar-refractivity contribution in [2.45, 2.75) is 27.7 Å². The second-order valence-corrected chi connectivity index (χ2v) is 4.65. The van der Waals surface area contributed by atoms with Crippen molar-refractivity contribution in [3.8, 4) is 6.07 Å². The SMILES string of the molecule is CCN(/C=C(/C#N)C(=O)Nc1ccc(C)cc1C)CC. The van der Waals surface area contributed by atoms with Gasteiger partial charge in [-0.15, -0.1) is 0 Å². The van der Waals surface area contributed by atoms with Crippen LogP contribution in [0.4, 0.5) is 5.69 Å². The van der Waals surface area contributed by atoms with Gasteiger partial charge in [-0.3, -0.25) is 4.79 Å². The standard InChI is InChI=1S/C16H21N3O/c1-5-19(6-2)11-14(10-17)16(20)18-15-8-7-12(3)9-13(15)4/h7-9,11H,5-6H2,1-4H3,(H,18,20)/b14-11-. The van der Waals surface area contributed by atoms with Gasteiger partial charge in [0.25, 0.3) is 5.91 Å². The van der Waals surface area contributed by atoms with Gasteiger partial charge in [-0.2, -0.15) is 5.26 Å². The van der Waals surface area contributed by atoms with E-state index in [4.69, 9.17) is 5.26 Å². The Bertz CT molecular complexity index is 551. The molecule has 0 aromatic heterocycles. The van der Waals surface area contributed by atoms with Gasteiger partial charge in [0, 0.05) is 25.0 Å². The number of anilines is 1. The molecule has 0 aliphatic heterocycles. The summed E-state index contributed by atoms with van der Waals surface area (Å²) >= 11 is 0. The number of hydrogen-bond donors (Lipinski definition) is 1. The highest BCUT2D eigenvalue weighted by Gasteiger charge is 2.11. The van der Waals surface area contributed by atoms with Gasteiger partial charge >= 0.3 is 0 Å². The van der Waals surface area contributed by atoms with Crippen molar-refractivity contribution < 1.29 is 4.79 Å². The highest BCUT2D eigenvalue weighted by atomic mass is 16.1. The molecule has 0 saturated heterocycles. The number of hydrogen-bond acceptors (Lipinski definition) is 3. The van der Waals surface area contributed by atoms with Gasteiger partial charge < -0.3 is 10.2 Å². The van der Waals surface area contributed by atoms with Crippen LogP contribution in [0.2, 0.25) is 0 Å². The Kier molecular flexibility index (Phi) is 5.79. The minimum absolute atomic E-state index is 0.119. The lowest BCUT2D eigenvalue weighted by molar-refractivity contribution is -0.112. The Morgan fingerprint density at radius 1 is 1.35 bits per heavy atom. The second-order valence-electron chi connectivity index (χ2n) is 4.65. The lowest BCUT2D eigenvalue weighted by Gasteiger charge is -2.16. The molecule has 0 saturated carbocycles. The quantitative estimate of drug-likeness (QED) is 0.661. The van der Waals surface area contributed by atoms with Crippen molar-refractivity contribution in [3.63, 3.8) is 0 Å². The Labute approximate surface area is 120 Å². The molecule has 0 unspecified atom stereocenters. The van der Waals surface area contributed by atoms with Crippen LogP contribution in [0.25, 0.3) is 0 Å². The highest BCUT2D eigenvalue weighted by molar-refractivity contribution is 6.06. The zero-order valence-corrected chi connectivity index (χ0v) is 12.5. The smallest absolute Gasteiger partial charge is 0.267 e. The summed E-state index contributed by atoms with van der Waals surface area (Å²) in [5.74, 6) is -0.369. The number of carbonyl (C=O) groups is 1. The molecular formula is C16H21N3O. The average Bonchev–Trinajstić information content (AvgIpc) is 2.43. The average molecular weight is 271 g/mol. The number of nitriles is 1. The van der Waals surface area contributed by atoms with E-state index in [0.29, 0.717) is 0 Å². The number of carbonyl (C=O) groups excluding carboxylic acids is 1. The molecule has 1 amide bonds. The maximum Gasteiger partial charge on any atom is 0.267 e. The van der Waals surface area contributed by atoms with E-state index in [0.717, 1.165) is 29.9 Å². The van der Waals surface area contributed by atoms with Crippen molar-refractivity contribution in [2.24, 2.45) is 0 Å². The van der Waals surface area contributed by atoms with Crippen LogP contribution < -0.4 is 5.32 Å². The molecule has 1 N–H and O–H groups in total. The summed E-state index contributed by atoms with van der Waals surface area (Å²) in [6.45, 7) is 9.42. The first-order valence-corrected chi connectivity index (χ1v) is 6.76. The number of aryl methyl sites for hydroxylation is 2. The molecule has 1 aromatic carbocycles. The number of amides is 1. The fourth-order valence-corrected chi connectivity index (χ4v) is 1.87. The van der Waals surface area contributed by atoms with E-state index >= 15 is 0 Å². The number of benzene rings is 1. The lowest BCUT2D eigenvalue weighted by atomic mass is 10.1. The van der Waals surface area contributed by atoms with Crippen molar-refractivity contribution in [1.82, 2.24) is 4.90 Å². The van der Waals surface area contributed by atoms with Crippen LogP contribution in [-0.4, -0.2) is 23.9 Å². The fourth-order valence-electron chi connectivity index (χ4n) is 1.87. The Balaban J connectivity index is 2.91. The summed E-state index contributed by atoms with van der Waals surface area (Å²) < 4.78 is 0. The second kappa shape index (κ2) is 7.34. The van der Waals surface area contributed by atoms with Crippen molar-refractivity contribution in [2.75, 3.05) is 18.4 Å². The van der Waals surface area contributed by atoms with E-state index in [-0.39, 0.29) is 11.5 Å². The Morgan fingerprint density at radius 3 is 2.50 bits per heavy atom. The van der Waals surface area contributed by atoms with Crippen LogP contribution in [0.15, 0.2) is 30.0 Å². The van der Waals surface area contributed by atoms with Crippen molar-refractivity contribution in [3.05, 3.63) is 41.1 Å². The van der Waals surface area contributed by atoms with Gasteiger partial charge in [-0.1, -0.05) is 17.7 Å². The summed E-state index contributed by atoms with van der Waals surface area (Å²) in [6, 6.07) is 7.74. The van der Waals surface area contributed by atoms with Gasteiger partial charge in [0.2, 0.25) is 0 Å². The summed E-state index contributed by atoms with van der Waals surface area (Å²) in [4.78, 5) is 14.0. The summed E-state index contributed by atoms with van der Waals surface area (Å²) in [5, 5.41) is 11.9. The van der Waals surface area contributed by atoms with E-state index in [1.807, 2.05) is 56.9 Å². The van der Waals surface area contributed by atoms with Crippen molar-refractivity contribution >= 4 is 11.6 Å². The van der Waals surface area contributed by atoms with Gasteiger partial charge in [0.1, 0.15) is 11.6 Å². The first kappa shape index (κ1) is 15.8. The first-order chi connectivity index (χ1) is 9.51. The molecule has 0 aliphatic carbocycles. The molecule has 0 spiro atoms. The topological polar surface area (TPSA) is 56.1 Å². The predicted molar refractivity (Wildman–Crippen MR) is 81.2 cm³/mol. The van der Waals surface area contributed by atoms with Crippen LogP contribution in [0, 0.1) is 25.2 Å². The molecule has 0 aliphatic rings. The first-order valence-electron chi connectivity index (χ1n) is 6.76. The minimum atomic E-state index is -0.369. The van der Waals surface area contributed by atoms with Crippen LogP contribution in [0.1, 0.15) is 25.0 Å². The molecular weight excluding hydrogens is 250 g/mol. The molecule has 106 valence electrons. The highest BCUT2D eigenvalue weighted by Crippen LogP contribution is 2.16. The van der Waals surface area contributed by atoms with Crippen LogP contribution in [0.5, 0.6) is 0 Å².